The molecule has 210 valence electrons. The number of benzene rings is 1. The first-order valence-electron chi connectivity index (χ1n) is 13.3. The molecular formula is C26H27F3N8O3. The van der Waals surface area contributed by atoms with Crippen molar-refractivity contribution in [2.75, 3.05) is 42.9 Å². The number of hydrogen-bond donors (Lipinski definition) is 2. The molecule has 2 unspecified atom stereocenters. The summed E-state index contributed by atoms with van der Waals surface area (Å²) in [5.74, 6) is 1.04. The second-order valence-electron chi connectivity index (χ2n) is 11.0. The van der Waals surface area contributed by atoms with Gasteiger partial charge in [0, 0.05) is 57.9 Å². The van der Waals surface area contributed by atoms with Crippen molar-refractivity contribution in [1.29, 1.82) is 0 Å². The molecule has 8 rings (SSSR count). The van der Waals surface area contributed by atoms with Crippen LogP contribution in [0.5, 0.6) is 0 Å². The molecule has 0 saturated carbocycles. The Morgan fingerprint density at radius 1 is 1.15 bits per heavy atom. The normalized spacial score (nSPS) is 24.6. The first-order chi connectivity index (χ1) is 19.2. The first-order valence-corrected chi connectivity index (χ1v) is 13.3. The molecule has 0 spiro atoms. The van der Waals surface area contributed by atoms with Crippen LogP contribution >= 0.6 is 0 Å². The van der Waals surface area contributed by atoms with Crippen LogP contribution in [0.4, 0.5) is 24.9 Å². The van der Waals surface area contributed by atoms with Crippen molar-refractivity contribution in [1.82, 2.24) is 30.0 Å². The van der Waals surface area contributed by atoms with E-state index in [0.717, 1.165) is 18.6 Å². The molecule has 3 atom stereocenters. The highest BCUT2D eigenvalue weighted by Crippen LogP contribution is 2.35. The monoisotopic (exact) mass is 556 g/mol. The van der Waals surface area contributed by atoms with Crippen LogP contribution in [-0.4, -0.2) is 87.4 Å². The van der Waals surface area contributed by atoms with E-state index in [0.29, 0.717) is 56.0 Å². The average molecular weight is 557 g/mol. The fourth-order valence-corrected chi connectivity index (χ4v) is 5.90. The van der Waals surface area contributed by atoms with Gasteiger partial charge in [-0.3, -0.25) is 9.59 Å². The molecule has 2 amide bonds. The van der Waals surface area contributed by atoms with Gasteiger partial charge in [-0.1, -0.05) is 6.07 Å². The summed E-state index contributed by atoms with van der Waals surface area (Å²) in [5, 5.41) is 10.9. The number of aromatic nitrogens is 4. The van der Waals surface area contributed by atoms with Crippen molar-refractivity contribution >= 4 is 34.6 Å². The van der Waals surface area contributed by atoms with Crippen LogP contribution in [0.2, 0.25) is 0 Å². The van der Waals surface area contributed by atoms with Crippen LogP contribution in [0, 0.1) is 5.92 Å². The molecule has 11 nitrogen and oxygen atoms in total. The van der Waals surface area contributed by atoms with Crippen molar-refractivity contribution in [3.8, 4) is 5.69 Å². The van der Waals surface area contributed by atoms with E-state index in [2.05, 4.69) is 20.7 Å². The number of ether oxygens (including phenoxy) is 1. The molecule has 0 aliphatic carbocycles. The maximum atomic E-state index is 13.4. The van der Waals surface area contributed by atoms with E-state index in [-0.39, 0.29) is 54.0 Å². The van der Waals surface area contributed by atoms with Gasteiger partial charge in [0.1, 0.15) is 5.82 Å². The second-order valence-corrected chi connectivity index (χ2v) is 11.0. The molecule has 2 N–H and O–H groups in total. The fraction of sp³-hybridized carbons (Fsp3) is 0.500. The Balaban J connectivity index is 1.15. The summed E-state index contributed by atoms with van der Waals surface area (Å²) in [4.78, 5) is 37.8. The number of halogens is 3. The number of hydrogen-bond acceptors (Lipinski definition) is 8. The van der Waals surface area contributed by atoms with Crippen molar-refractivity contribution in [2.45, 2.75) is 43.7 Å². The van der Waals surface area contributed by atoms with Gasteiger partial charge in [0.05, 0.1) is 41.1 Å². The van der Waals surface area contributed by atoms with Gasteiger partial charge in [-0.05, 0) is 18.2 Å². The highest BCUT2D eigenvalue weighted by Gasteiger charge is 2.41. The van der Waals surface area contributed by atoms with Crippen molar-refractivity contribution in [3.05, 3.63) is 36.0 Å². The smallest absolute Gasteiger partial charge is 0.371 e. The highest BCUT2D eigenvalue weighted by molar-refractivity contribution is 5.90. The molecule has 5 saturated heterocycles. The molecule has 3 aromatic rings. The number of anilines is 2. The Hall–Kier alpha value is -3.94. The van der Waals surface area contributed by atoms with Gasteiger partial charge in [0.25, 0.3) is 0 Å². The number of nitrogens with zero attached hydrogens (tertiary/aromatic N) is 6. The fourth-order valence-electron chi connectivity index (χ4n) is 5.90. The van der Waals surface area contributed by atoms with Gasteiger partial charge >= 0.3 is 6.18 Å². The molecule has 5 aliphatic heterocycles. The van der Waals surface area contributed by atoms with Crippen LogP contribution in [0.1, 0.15) is 24.8 Å². The Kier molecular flexibility index (Phi) is 5.84. The molecule has 5 fully saturated rings. The van der Waals surface area contributed by atoms with Gasteiger partial charge in [-0.2, -0.15) is 28.2 Å². The van der Waals surface area contributed by atoms with Gasteiger partial charge in [0.2, 0.25) is 17.8 Å². The molecular weight excluding hydrogens is 529 g/mol. The number of piperidine rings is 1. The topological polar surface area (TPSA) is 118 Å². The van der Waals surface area contributed by atoms with Crippen LogP contribution in [0.3, 0.4) is 0 Å². The molecule has 14 heteroatoms. The minimum atomic E-state index is -4.50. The van der Waals surface area contributed by atoms with Crippen molar-refractivity contribution in [3.63, 3.8) is 0 Å². The van der Waals surface area contributed by atoms with Crippen LogP contribution in [0.25, 0.3) is 16.7 Å². The number of rotatable bonds is 6. The molecule has 2 aromatic heterocycles. The summed E-state index contributed by atoms with van der Waals surface area (Å²) in [6.45, 7) is 2.93. The number of carbonyl (C=O) groups is 2. The molecule has 7 heterocycles. The lowest BCUT2D eigenvalue weighted by Gasteiger charge is -2.48. The number of carbonyl (C=O) groups excluding carboxylic acids is 2. The lowest BCUT2D eigenvalue weighted by Crippen LogP contribution is -2.59. The van der Waals surface area contributed by atoms with Crippen molar-refractivity contribution in [2.24, 2.45) is 5.92 Å². The number of morpholine rings is 1. The lowest BCUT2D eigenvalue weighted by molar-refractivity contribution is -0.188. The molecule has 5 aliphatic rings. The van der Waals surface area contributed by atoms with Gasteiger partial charge < -0.3 is 25.2 Å². The van der Waals surface area contributed by atoms with E-state index in [1.54, 1.807) is 6.20 Å². The summed E-state index contributed by atoms with van der Waals surface area (Å²) >= 11 is 0. The van der Waals surface area contributed by atoms with E-state index in [9.17, 15) is 22.8 Å². The van der Waals surface area contributed by atoms with Gasteiger partial charge in [0.15, 0.2) is 5.65 Å². The third kappa shape index (κ3) is 4.59. The summed E-state index contributed by atoms with van der Waals surface area (Å²) in [6, 6.07) is 4.69. The van der Waals surface area contributed by atoms with E-state index < -0.39 is 11.7 Å². The number of nitrogens with one attached hydrogen (secondary N) is 2. The van der Waals surface area contributed by atoms with Gasteiger partial charge in [-0.15, -0.1) is 0 Å². The largest absolute Gasteiger partial charge is 0.416 e. The van der Waals surface area contributed by atoms with Gasteiger partial charge in [-0.25, -0.2) is 4.68 Å². The van der Waals surface area contributed by atoms with E-state index >= 15 is 0 Å². The van der Waals surface area contributed by atoms with E-state index in [1.807, 2.05) is 9.80 Å². The zero-order valence-corrected chi connectivity index (χ0v) is 21.4. The third-order valence-corrected chi connectivity index (χ3v) is 7.97. The lowest BCUT2D eigenvalue weighted by atomic mass is 9.93. The molecule has 40 heavy (non-hydrogen) atoms. The quantitative estimate of drug-likeness (QED) is 0.474. The Morgan fingerprint density at radius 3 is 2.62 bits per heavy atom. The van der Waals surface area contributed by atoms with Crippen molar-refractivity contribution < 1.29 is 27.5 Å². The Bertz CT molecular complexity index is 1470. The second kappa shape index (κ2) is 9.32. The summed E-state index contributed by atoms with van der Waals surface area (Å²) < 4.78 is 47.2. The minimum absolute atomic E-state index is 0.0827. The Morgan fingerprint density at radius 2 is 1.93 bits per heavy atom. The number of alkyl halides is 3. The van der Waals surface area contributed by atoms with Crippen LogP contribution in [-0.2, 0) is 20.5 Å². The highest BCUT2D eigenvalue weighted by atomic mass is 19.4. The minimum Gasteiger partial charge on any atom is -0.371 e. The Labute approximate surface area is 226 Å². The molecule has 0 radical (unpaired) electrons. The maximum Gasteiger partial charge on any atom is 0.416 e. The third-order valence-electron chi connectivity index (χ3n) is 7.97. The summed E-state index contributed by atoms with van der Waals surface area (Å²) in [6.07, 6.45) is -0.887. The zero-order valence-electron chi connectivity index (χ0n) is 21.4. The summed E-state index contributed by atoms with van der Waals surface area (Å²) in [5.41, 5.74) is -0.227. The standard InChI is InChI=1S/C26H27F3N8O3/c27-26(28,29)15-2-1-3-17(5-15)37-24-20(9-31-37)23(33-25(34-24)32-16-6-21(38)30-8-16)36-10-14(11-36)4-22(39)35-12-18-7-19(13-35)40-18/h1-3,5,9,14,16,18-19H,4,6-8,10-13H2,(H,30,38)(H,32,33,34)/t16-,18?,19?/m0/s1. The molecule has 2 bridgehead atoms. The predicted molar refractivity (Wildman–Crippen MR) is 137 cm³/mol. The van der Waals surface area contributed by atoms with Crippen LogP contribution < -0.4 is 15.5 Å². The van der Waals surface area contributed by atoms with E-state index in [1.165, 1.54) is 16.8 Å². The summed E-state index contributed by atoms with van der Waals surface area (Å²) in [7, 11) is 0. The van der Waals surface area contributed by atoms with E-state index in [4.69, 9.17) is 9.72 Å². The number of fused-ring (bicyclic) bond motifs is 3. The average Bonchev–Trinajstić information content (AvgIpc) is 3.50. The SMILES string of the molecule is O=C1C[C@H](Nc2nc(N3CC(CC(=O)N4CC5CC(C4)O5)C3)c3cnn(-c4cccc(C(F)(F)F)c4)c3n2)CN1. The number of amides is 2. The predicted octanol–water partition coefficient (Wildman–Crippen LogP) is 1.96. The van der Waals surface area contributed by atoms with Crippen LogP contribution in [0.15, 0.2) is 30.5 Å². The molecule has 1 aromatic carbocycles. The first kappa shape index (κ1) is 25.1. The maximum absolute atomic E-state index is 13.4. The zero-order chi connectivity index (χ0) is 27.6.